The Morgan fingerprint density at radius 2 is 1.74 bits per heavy atom. The first-order chi connectivity index (χ1) is 11.1. The smallest absolute Gasteiger partial charge is 0.251 e. The molecule has 2 rings (SSSR count). The van der Waals surface area contributed by atoms with E-state index >= 15 is 0 Å². The highest BCUT2D eigenvalue weighted by Crippen LogP contribution is 2.13. The standard InChI is InChI=1S/C18H20N2O3/c1-3-23-15-10-8-14(9-11-15)18(22)19-12-17(21)20-16-7-5-4-6-13(16)2/h4-11H,3,12H2,1-2H3,(H,19,22)(H,20,21). The molecule has 0 aliphatic heterocycles. The molecule has 23 heavy (non-hydrogen) atoms. The van der Waals surface area contributed by atoms with Crippen molar-refractivity contribution in [3.05, 3.63) is 59.7 Å². The van der Waals surface area contributed by atoms with Gasteiger partial charge in [0.05, 0.1) is 13.2 Å². The largest absolute Gasteiger partial charge is 0.494 e. The lowest BCUT2D eigenvalue weighted by atomic mass is 10.2. The molecule has 2 aromatic rings. The fourth-order valence-corrected chi connectivity index (χ4v) is 2.04. The van der Waals surface area contributed by atoms with Crippen molar-refractivity contribution in [3.63, 3.8) is 0 Å². The Hall–Kier alpha value is -2.82. The van der Waals surface area contributed by atoms with E-state index in [1.54, 1.807) is 24.3 Å². The van der Waals surface area contributed by atoms with Crippen LogP contribution >= 0.6 is 0 Å². The number of carbonyl (C=O) groups excluding carboxylic acids is 2. The summed E-state index contributed by atoms with van der Waals surface area (Å²) in [5, 5.41) is 5.37. The van der Waals surface area contributed by atoms with E-state index in [-0.39, 0.29) is 18.4 Å². The third kappa shape index (κ3) is 4.85. The number of rotatable bonds is 6. The third-order valence-corrected chi connectivity index (χ3v) is 3.26. The maximum atomic E-state index is 12.0. The molecule has 0 aliphatic rings. The van der Waals surface area contributed by atoms with E-state index in [4.69, 9.17) is 4.74 Å². The molecule has 2 amide bonds. The van der Waals surface area contributed by atoms with Crippen LogP contribution in [0.25, 0.3) is 0 Å². The van der Waals surface area contributed by atoms with Crippen molar-refractivity contribution in [2.45, 2.75) is 13.8 Å². The van der Waals surface area contributed by atoms with Gasteiger partial charge in [-0.15, -0.1) is 0 Å². The van der Waals surface area contributed by atoms with Gasteiger partial charge in [0, 0.05) is 11.3 Å². The van der Waals surface area contributed by atoms with E-state index in [1.165, 1.54) is 0 Å². The number of benzene rings is 2. The quantitative estimate of drug-likeness (QED) is 0.862. The number of anilines is 1. The Bertz CT molecular complexity index is 681. The second-order valence-corrected chi connectivity index (χ2v) is 5.00. The van der Waals surface area contributed by atoms with Crippen molar-refractivity contribution in [1.29, 1.82) is 0 Å². The van der Waals surface area contributed by atoms with Gasteiger partial charge < -0.3 is 15.4 Å². The van der Waals surface area contributed by atoms with Crippen molar-refractivity contribution in [1.82, 2.24) is 5.32 Å². The fourth-order valence-electron chi connectivity index (χ4n) is 2.04. The molecule has 0 aliphatic carbocycles. The lowest BCUT2D eigenvalue weighted by molar-refractivity contribution is -0.115. The van der Waals surface area contributed by atoms with Gasteiger partial charge in [0.15, 0.2) is 0 Å². The van der Waals surface area contributed by atoms with Crippen LogP contribution in [0.2, 0.25) is 0 Å². The fraction of sp³-hybridized carbons (Fsp3) is 0.222. The van der Waals surface area contributed by atoms with E-state index in [2.05, 4.69) is 10.6 Å². The minimum Gasteiger partial charge on any atom is -0.494 e. The minimum atomic E-state index is -0.298. The Morgan fingerprint density at radius 1 is 1.04 bits per heavy atom. The summed E-state index contributed by atoms with van der Waals surface area (Å²) in [7, 11) is 0. The first-order valence-electron chi connectivity index (χ1n) is 7.46. The van der Waals surface area contributed by atoms with Crippen LogP contribution in [0, 0.1) is 6.92 Å². The highest BCUT2D eigenvalue weighted by atomic mass is 16.5. The molecule has 5 heteroatoms. The molecular weight excluding hydrogens is 292 g/mol. The van der Waals surface area contributed by atoms with E-state index in [0.717, 1.165) is 11.3 Å². The zero-order valence-electron chi connectivity index (χ0n) is 13.3. The van der Waals surface area contributed by atoms with E-state index in [0.29, 0.717) is 17.9 Å². The van der Waals surface area contributed by atoms with Crippen LogP contribution in [0.5, 0.6) is 5.75 Å². The highest BCUT2D eigenvalue weighted by molar-refractivity contribution is 5.99. The SMILES string of the molecule is CCOc1ccc(C(=O)NCC(=O)Nc2ccccc2C)cc1. The summed E-state index contributed by atoms with van der Waals surface area (Å²) in [6.07, 6.45) is 0. The zero-order valence-corrected chi connectivity index (χ0v) is 13.3. The van der Waals surface area contributed by atoms with Gasteiger partial charge in [0.25, 0.3) is 5.91 Å². The second kappa shape index (κ2) is 7.98. The first kappa shape index (κ1) is 16.5. The number of para-hydroxylation sites is 1. The Kier molecular flexibility index (Phi) is 5.74. The van der Waals surface area contributed by atoms with Gasteiger partial charge in [-0.3, -0.25) is 9.59 Å². The topological polar surface area (TPSA) is 67.4 Å². The van der Waals surface area contributed by atoms with Crippen molar-refractivity contribution >= 4 is 17.5 Å². The number of ether oxygens (including phenoxy) is 1. The number of aryl methyl sites for hydroxylation is 1. The first-order valence-corrected chi connectivity index (χ1v) is 7.46. The lowest BCUT2D eigenvalue weighted by Gasteiger charge is -2.09. The molecule has 0 bridgehead atoms. The molecule has 5 nitrogen and oxygen atoms in total. The van der Waals surface area contributed by atoms with Crippen LogP contribution in [-0.4, -0.2) is 25.0 Å². The van der Waals surface area contributed by atoms with E-state index in [1.807, 2.05) is 38.1 Å². The van der Waals surface area contributed by atoms with Gasteiger partial charge in [-0.1, -0.05) is 18.2 Å². The van der Waals surface area contributed by atoms with Crippen molar-refractivity contribution in [2.24, 2.45) is 0 Å². The van der Waals surface area contributed by atoms with Crippen molar-refractivity contribution in [3.8, 4) is 5.75 Å². The molecule has 0 radical (unpaired) electrons. The molecule has 2 aromatic carbocycles. The predicted molar refractivity (Wildman–Crippen MR) is 89.8 cm³/mol. The van der Waals surface area contributed by atoms with Gasteiger partial charge in [0.1, 0.15) is 5.75 Å². The lowest BCUT2D eigenvalue weighted by Crippen LogP contribution is -2.32. The number of hydrogen-bond donors (Lipinski definition) is 2. The number of carbonyl (C=O) groups is 2. The van der Waals surface area contributed by atoms with Crippen LogP contribution in [0.3, 0.4) is 0 Å². The summed E-state index contributed by atoms with van der Waals surface area (Å²) in [5.41, 5.74) is 2.20. The molecule has 0 atom stereocenters. The molecule has 0 saturated heterocycles. The molecule has 120 valence electrons. The molecule has 0 unspecified atom stereocenters. The molecule has 0 aromatic heterocycles. The summed E-state index contributed by atoms with van der Waals surface area (Å²) in [6, 6.07) is 14.3. The average molecular weight is 312 g/mol. The summed E-state index contributed by atoms with van der Waals surface area (Å²) in [4.78, 5) is 23.9. The van der Waals surface area contributed by atoms with Gasteiger partial charge >= 0.3 is 0 Å². The zero-order chi connectivity index (χ0) is 16.7. The summed E-state index contributed by atoms with van der Waals surface area (Å²) < 4.78 is 5.32. The van der Waals surface area contributed by atoms with Crippen LogP contribution in [0.4, 0.5) is 5.69 Å². The molecule has 0 fully saturated rings. The van der Waals surface area contributed by atoms with Crippen molar-refractivity contribution in [2.75, 3.05) is 18.5 Å². The van der Waals surface area contributed by atoms with E-state index < -0.39 is 0 Å². The third-order valence-electron chi connectivity index (χ3n) is 3.26. The average Bonchev–Trinajstić information content (AvgIpc) is 2.56. The minimum absolute atomic E-state index is 0.0830. The maximum absolute atomic E-state index is 12.0. The summed E-state index contributed by atoms with van der Waals surface area (Å²) in [5.74, 6) is 0.146. The van der Waals surface area contributed by atoms with Crippen LogP contribution in [0.15, 0.2) is 48.5 Å². The van der Waals surface area contributed by atoms with Gasteiger partial charge in [-0.05, 0) is 49.7 Å². The number of hydrogen-bond acceptors (Lipinski definition) is 3. The summed E-state index contributed by atoms with van der Waals surface area (Å²) in [6.45, 7) is 4.30. The predicted octanol–water partition coefficient (Wildman–Crippen LogP) is 2.76. The molecular formula is C18H20N2O3. The molecule has 0 heterocycles. The Morgan fingerprint density at radius 3 is 2.39 bits per heavy atom. The maximum Gasteiger partial charge on any atom is 0.251 e. The van der Waals surface area contributed by atoms with Crippen LogP contribution in [-0.2, 0) is 4.79 Å². The van der Waals surface area contributed by atoms with Crippen LogP contribution < -0.4 is 15.4 Å². The Balaban J connectivity index is 1.86. The normalized spacial score (nSPS) is 10.0. The summed E-state index contributed by atoms with van der Waals surface area (Å²) >= 11 is 0. The van der Waals surface area contributed by atoms with Gasteiger partial charge in [-0.2, -0.15) is 0 Å². The van der Waals surface area contributed by atoms with Gasteiger partial charge in [-0.25, -0.2) is 0 Å². The van der Waals surface area contributed by atoms with Crippen molar-refractivity contribution < 1.29 is 14.3 Å². The Labute approximate surface area is 135 Å². The monoisotopic (exact) mass is 312 g/mol. The van der Waals surface area contributed by atoms with E-state index in [9.17, 15) is 9.59 Å². The van der Waals surface area contributed by atoms with Crippen LogP contribution in [0.1, 0.15) is 22.8 Å². The number of nitrogens with one attached hydrogen (secondary N) is 2. The molecule has 0 spiro atoms. The highest BCUT2D eigenvalue weighted by Gasteiger charge is 2.09. The number of amides is 2. The molecule has 0 saturated carbocycles. The molecule has 2 N–H and O–H groups in total. The van der Waals surface area contributed by atoms with Gasteiger partial charge in [0.2, 0.25) is 5.91 Å². The second-order valence-electron chi connectivity index (χ2n) is 5.00.